The second kappa shape index (κ2) is 11.3. The van der Waals surface area contributed by atoms with Crippen LogP contribution in [0.1, 0.15) is 22.8 Å². The summed E-state index contributed by atoms with van der Waals surface area (Å²) in [4.78, 5) is 24.3. The van der Waals surface area contributed by atoms with Crippen LogP contribution in [0, 0.1) is 0 Å². The highest BCUT2D eigenvalue weighted by molar-refractivity contribution is 5.97. The molecule has 0 atom stereocenters. The van der Waals surface area contributed by atoms with E-state index >= 15 is 0 Å². The van der Waals surface area contributed by atoms with Crippen molar-refractivity contribution in [3.05, 3.63) is 47.5 Å². The standard InChI is InChI=1S/C21H25N3O6/c1-5-30-16-8-6-14(7-9-16)12-23-24-19(25)13-22-21(26)15-10-17(27-2)20(29-4)18(11-15)28-3/h6-12H,5,13H2,1-4H3,(H,22,26)(H,24,25). The quantitative estimate of drug-likeness (QED) is 0.454. The van der Waals surface area contributed by atoms with Crippen LogP contribution < -0.4 is 29.7 Å². The van der Waals surface area contributed by atoms with E-state index in [1.807, 2.05) is 31.2 Å². The fourth-order valence-corrected chi connectivity index (χ4v) is 2.51. The maximum absolute atomic E-state index is 12.4. The molecule has 0 aliphatic heterocycles. The first kappa shape index (κ1) is 22.5. The number of benzene rings is 2. The molecule has 0 aliphatic carbocycles. The van der Waals surface area contributed by atoms with Crippen LogP contribution in [0.25, 0.3) is 0 Å². The molecule has 0 spiro atoms. The van der Waals surface area contributed by atoms with Crippen molar-refractivity contribution < 1.29 is 28.5 Å². The summed E-state index contributed by atoms with van der Waals surface area (Å²) in [6.07, 6.45) is 1.49. The number of nitrogens with one attached hydrogen (secondary N) is 2. The summed E-state index contributed by atoms with van der Waals surface area (Å²) in [6, 6.07) is 10.2. The lowest BCUT2D eigenvalue weighted by molar-refractivity contribution is -0.120. The SMILES string of the molecule is CCOc1ccc(C=NNC(=O)CNC(=O)c2cc(OC)c(OC)c(OC)c2)cc1. The Balaban J connectivity index is 1.90. The topological polar surface area (TPSA) is 107 Å². The van der Waals surface area contributed by atoms with E-state index in [-0.39, 0.29) is 12.1 Å². The minimum atomic E-state index is -0.474. The molecule has 2 rings (SSSR count). The maximum atomic E-state index is 12.4. The van der Waals surface area contributed by atoms with Crippen molar-refractivity contribution >= 4 is 18.0 Å². The van der Waals surface area contributed by atoms with Gasteiger partial charge < -0.3 is 24.3 Å². The molecule has 30 heavy (non-hydrogen) atoms. The maximum Gasteiger partial charge on any atom is 0.259 e. The first-order chi connectivity index (χ1) is 14.5. The van der Waals surface area contributed by atoms with Gasteiger partial charge in [-0.2, -0.15) is 5.10 Å². The number of nitrogens with zero attached hydrogens (tertiary/aromatic N) is 1. The summed E-state index contributed by atoms with van der Waals surface area (Å²) in [5.41, 5.74) is 3.41. The van der Waals surface area contributed by atoms with Gasteiger partial charge in [-0.05, 0) is 48.9 Å². The molecule has 2 aromatic rings. The van der Waals surface area contributed by atoms with Gasteiger partial charge in [0.1, 0.15) is 5.75 Å². The number of carbonyl (C=O) groups is 2. The Morgan fingerprint density at radius 2 is 1.63 bits per heavy atom. The van der Waals surface area contributed by atoms with E-state index in [1.54, 1.807) is 0 Å². The Morgan fingerprint density at radius 3 is 2.17 bits per heavy atom. The average molecular weight is 415 g/mol. The molecule has 0 radical (unpaired) electrons. The van der Waals surface area contributed by atoms with Gasteiger partial charge in [0.2, 0.25) is 5.75 Å². The molecule has 0 saturated carbocycles. The van der Waals surface area contributed by atoms with Gasteiger partial charge in [-0.3, -0.25) is 9.59 Å². The number of methoxy groups -OCH3 is 3. The molecule has 0 heterocycles. The summed E-state index contributed by atoms with van der Waals surface area (Å²) in [6.45, 7) is 2.24. The molecular formula is C21H25N3O6. The zero-order valence-corrected chi connectivity index (χ0v) is 17.4. The van der Waals surface area contributed by atoms with Crippen LogP contribution in [0.5, 0.6) is 23.0 Å². The highest BCUT2D eigenvalue weighted by atomic mass is 16.5. The summed E-state index contributed by atoms with van der Waals surface area (Å²) < 4.78 is 21.0. The Bertz CT molecular complexity index is 871. The molecular weight excluding hydrogens is 390 g/mol. The number of hydrazone groups is 1. The van der Waals surface area contributed by atoms with Crippen LogP contribution in [-0.2, 0) is 4.79 Å². The Morgan fingerprint density at radius 1 is 1.00 bits per heavy atom. The molecule has 160 valence electrons. The molecule has 0 aliphatic rings. The normalized spacial score (nSPS) is 10.4. The largest absolute Gasteiger partial charge is 0.494 e. The van der Waals surface area contributed by atoms with Crippen molar-refractivity contribution in [3.63, 3.8) is 0 Å². The van der Waals surface area contributed by atoms with Crippen LogP contribution in [0.2, 0.25) is 0 Å². The van der Waals surface area contributed by atoms with Crippen molar-refractivity contribution in [2.45, 2.75) is 6.92 Å². The van der Waals surface area contributed by atoms with E-state index in [2.05, 4.69) is 15.8 Å². The van der Waals surface area contributed by atoms with Gasteiger partial charge in [-0.15, -0.1) is 0 Å². The van der Waals surface area contributed by atoms with Crippen LogP contribution in [-0.4, -0.2) is 52.5 Å². The molecule has 2 amide bonds. The van der Waals surface area contributed by atoms with Crippen LogP contribution >= 0.6 is 0 Å². The number of carbonyl (C=O) groups excluding carboxylic acids is 2. The van der Waals surface area contributed by atoms with E-state index in [4.69, 9.17) is 18.9 Å². The number of rotatable bonds is 10. The van der Waals surface area contributed by atoms with E-state index in [0.29, 0.717) is 23.9 Å². The Hall–Kier alpha value is -3.75. The van der Waals surface area contributed by atoms with Gasteiger partial charge in [0.15, 0.2) is 11.5 Å². The molecule has 9 nitrogen and oxygen atoms in total. The summed E-state index contributed by atoms with van der Waals surface area (Å²) in [5.74, 6) is 0.863. The second-order valence-corrected chi connectivity index (χ2v) is 5.89. The molecule has 2 N–H and O–H groups in total. The third-order valence-corrected chi connectivity index (χ3v) is 3.93. The first-order valence-corrected chi connectivity index (χ1v) is 9.15. The smallest absolute Gasteiger partial charge is 0.259 e. The highest BCUT2D eigenvalue weighted by Gasteiger charge is 2.17. The Kier molecular flexibility index (Phi) is 8.49. The lowest BCUT2D eigenvalue weighted by Gasteiger charge is -2.14. The summed E-state index contributed by atoms with van der Waals surface area (Å²) >= 11 is 0. The van der Waals surface area contributed by atoms with Crippen LogP contribution in [0.3, 0.4) is 0 Å². The van der Waals surface area contributed by atoms with Crippen molar-refractivity contribution in [2.75, 3.05) is 34.5 Å². The zero-order valence-electron chi connectivity index (χ0n) is 17.4. The van der Waals surface area contributed by atoms with Gasteiger partial charge >= 0.3 is 0 Å². The number of amides is 2. The van der Waals surface area contributed by atoms with Gasteiger partial charge in [-0.25, -0.2) is 5.43 Å². The van der Waals surface area contributed by atoms with Crippen LogP contribution in [0.4, 0.5) is 0 Å². The van der Waals surface area contributed by atoms with Gasteiger partial charge in [0, 0.05) is 5.56 Å². The van der Waals surface area contributed by atoms with Gasteiger partial charge in [-0.1, -0.05) is 0 Å². The Labute approximate surface area is 175 Å². The molecule has 2 aromatic carbocycles. The van der Waals surface area contributed by atoms with Crippen molar-refractivity contribution in [2.24, 2.45) is 5.10 Å². The molecule has 0 unspecified atom stereocenters. The average Bonchev–Trinajstić information content (AvgIpc) is 2.77. The summed E-state index contributed by atoms with van der Waals surface area (Å²) in [7, 11) is 4.38. The predicted octanol–water partition coefficient (Wildman–Crippen LogP) is 1.99. The lowest BCUT2D eigenvalue weighted by Crippen LogP contribution is -2.34. The van der Waals surface area contributed by atoms with E-state index < -0.39 is 11.8 Å². The third-order valence-electron chi connectivity index (χ3n) is 3.93. The lowest BCUT2D eigenvalue weighted by atomic mass is 10.1. The fourth-order valence-electron chi connectivity index (χ4n) is 2.51. The molecule has 0 bridgehead atoms. The predicted molar refractivity (Wildman–Crippen MR) is 112 cm³/mol. The molecule has 0 fully saturated rings. The zero-order chi connectivity index (χ0) is 21.9. The fraction of sp³-hybridized carbons (Fsp3) is 0.286. The number of hydrogen-bond donors (Lipinski definition) is 2. The highest BCUT2D eigenvalue weighted by Crippen LogP contribution is 2.38. The number of hydrogen-bond acceptors (Lipinski definition) is 7. The van der Waals surface area contributed by atoms with Gasteiger partial charge in [0.05, 0.1) is 40.7 Å². The van der Waals surface area contributed by atoms with E-state index in [1.165, 1.54) is 39.7 Å². The van der Waals surface area contributed by atoms with Crippen molar-refractivity contribution in [1.82, 2.24) is 10.7 Å². The first-order valence-electron chi connectivity index (χ1n) is 9.15. The number of ether oxygens (including phenoxy) is 4. The van der Waals surface area contributed by atoms with Crippen molar-refractivity contribution in [3.8, 4) is 23.0 Å². The van der Waals surface area contributed by atoms with Crippen LogP contribution in [0.15, 0.2) is 41.5 Å². The molecule has 0 aromatic heterocycles. The van der Waals surface area contributed by atoms with E-state index in [0.717, 1.165) is 11.3 Å². The van der Waals surface area contributed by atoms with Gasteiger partial charge in [0.25, 0.3) is 11.8 Å². The minimum Gasteiger partial charge on any atom is -0.494 e. The second-order valence-electron chi connectivity index (χ2n) is 5.89. The molecule has 9 heteroatoms. The minimum absolute atomic E-state index is 0.254. The van der Waals surface area contributed by atoms with Crippen molar-refractivity contribution in [1.29, 1.82) is 0 Å². The third kappa shape index (κ3) is 6.13. The molecule has 0 saturated heterocycles. The van der Waals surface area contributed by atoms with E-state index in [9.17, 15) is 9.59 Å². The monoisotopic (exact) mass is 415 g/mol. The summed E-state index contributed by atoms with van der Waals surface area (Å²) in [5, 5.41) is 6.39.